The standard InChI is InChI=1S/C21H23FN4O3/c1-12-16(11-23-13(2)24-12)19(27)17-18(14-6-5-7-15(22)10-14)26(9-8-25(3)4)21(29)20(17)28/h5-7,10-11,18,27H,8-9H2,1-4H3. The largest absolute Gasteiger partial charge is 0.507 e. The van der Waals surface area contributed by atoms with Gasteiger partial charge >= 0.3 is 0 Å². The van der Waals surface area contributed by atoms with E-state index in [0.29, 0.717) is 23.6 Å². The molecule has 1 fully saturated rings. The van der Waals surface area contributed by atoms with E-state index >= 15 is 0 Å². The van der Waals surface area contributed by atoms with Crippen LogP contribution in [-0.4, -0.2) is 63.7 Å². The number of nitrogens with zero attached hydrogens (tertiary/aromatic N) is 4. The summed E-state index contributed by atoms with van der Waals surface area (Å²) in [7, 11) is 3.70. The molecule has 1 saturated heterocycles. The van der Waals surface area contributed by atoms with Crippen molar-refractivity contribution < 1.29 is 19.1 Å². The highest BCUT2D eigenvalue weighted by molar-refractivity contribution is 6.46. The Kier molecular flexibility index (Phi) is 5.74. The Balaban J connectivity index is 2.19. The molecule has 29 heavy (non-hydrogen) atoms. The second-order valence-electron chi connectivity index (χ2n) is 7.27. The van der Waals surface area contributed by atoms with Crippen molar-refractivity contribution in [3.8, 4) is 0 Å². The van der Waals surface area contributed by atoms with E-state index in [1.54, 1.807) is 19.9 Å². The molecule has 1 amide bonds. The van der Waals surface area contributed by atoms with Crippen LogP contribution in [0.2, 0.25) is 0 Å². The third-order valence-electron chi connectivity index (χ3n) is 4.85. The monoisotopic (exact) mass is 398 g/mol. The molecule has 0 bridgehead atoms. The molecule has 1 aliphatic rings. The number of likely N-dealkylation sites (tertiary alicyclic amines) is 1. The van der Waals surface area contributed by atoms with Gasteiger partial charge in [-0.15, -0.1) is 0 Å². The maximum absolute atomic E-state index is 13.9. The van der Waals surface area contributed by atoms with E-state index in [2.05, 4.69) is 9.97 Å². The normalized spacial score (nSPS) is 18.7. The Labute approximate surface area is 168 Å². The molecule has 3 rings (SSSR count). The SMILES string of the molecule is Cc1ncc(C(O)=C2C(=O)C(=O)N(CCN(C)C)C2c2cccc(F)c2)c(C)n1. The summed E-state index contributed by atoms with van der Waals surface area (Å²) >= 11 is 0. The number of aryl methyl sites for hydroxylation is 2. The van der Waals surface area contributed by atoms with Gasteiger partial charge in [-0.05, 0) is 45.6 Å². The van der Waals surface area contributed by atoms with Crippen LogP contribution in [0.5, 0.6) is 0 Å². The minimum Gasteiger partial charge on any atom is -0.507 e. The number of aliphatic hydroxyl groups is 1. The lowest BCUT2D eigenvalue weighted by atomic mass is 9.95. The Morgan fingerprint density at radius 2 is 2.00 bits per heavy atom. The topological polar surface area (TPSA) is 86.6 Å². The van der Waals surface area contributed by atoms with E-state index in [4.69, 9.17) is 0 Å². The molecule has 1 unspecified atom stereocenters. The molecule has 2 heterocycles. The van der Waals surface area contributed by atoms with Gasteiger partial charge in [0.2, 0.25) is 0 Å². The average Bonchev–Trinajstić information content (AvgIpc) is 2.90. The van der Waals surface area contributed by atoms with E-state index < -0.39 is 23.5 Å². The summed E-state index contributed by atoms with van der Waals surface area (Å²) in [6.45, 7) is 4.15. The number of hydrogen-bond donors (Lipinski definition) is 1. The molecule has 0 radical (unpaired) electrons. The van der Waals surface area contributed by atoms with Gasteiger partial charge in [0.15, 0.2) is 0 Å². The zero-order chi connectivity index (χ0) is 21.3. The van der Waals surface area contributed by atoms with Crippen LogP contribution in [0.3, 0.4) is 0 Å². The molecule has 152 valence electrons. The maximum Gasteiger partial charge on any atom is 0.295 e. The van der Waals surface area contributed by atoms with Gasteiger partial charge in [-0.2, -0.15) is 0 Å². The van der Waals surface area contributed by atoms with E-state index in [9.17, 15) is 19.1 Å². The summed E-state index contributed by atoms with van der Waals surface area (Å²) in [6.07, 6.45) is 1.42. The maximum atomic E-state index is 13.9. The fourth-order valence-electron chi connectivity index (χ4n) is 3.40. The number of carbonyl (C=O) groups excluding carboxylic acids is 2. The number of Topliss-reactive ketones (excluding diaryl/α,β-unsaturated/α-hetero) is 1. The first-order chi connectivity index (χ1) is 13.7. The van der Waals surface area contributed by atoms with Crippen LogP contribution >= 0.6 is 0 Å². The molecule has 0 aliphatic carbocycles. The van der Waals surface area contributed by atoms with Crippen LogP contribution in [0, 0.1) is 19.7 Å². The second kappa shape index (κ2) is 8.08. The minimum atomic E-state index is -0.897. The van der Waals surface area contributed by atoms with Gasteiger partial charge in [-0.25, -0.2) is 14.4 Å². The Bertz CT molecular complexity index is 1000. The lowest BCUT2D eigenvalue weighted by Crippen LogP contribution is -2.35. The van der Waals surface area contributed by atoms with E-state index in [1.807, 2.05) is 19.0 Å². The predicted molar refractivity (Wildman–Crippen MR) is 105 cm³/mol. The van der Waals surface area contributed by atoms with Gasteiger partial charge in [-0.3, -0.25) is 9.59 Å². The predicted octanol–water partition coefficient (Wildman–Crippen LogP) is 2.22. The lowest BCUT2D eigenvalue weighted by Gasteiger charge is -2.26. The van der Waals surface area contributed by atoms with Crippen molar-refractivity contribution in [2.75, 3.05) is 27.2 Å². The van der Waals surface area contributed by atoms with Crippen molar-refractivity contribution in [2.45, 2.75) is 19.9 Å². The molecule has 1 aliphatic heterocycles. The molecule has 2 aromatic rings. The summed E-state index contributed by atoms with van der Waals surface area (Å²) in [5, 5.41) is 11.0. The van der Waals surface area contributed by atoms with E-state index in [1.165, 1.54) is 29.3 Å². The van der Waals surface area contributed by atoms with Gasteiger partial charge in [0.1, 0.15) is 17.4 Å². The molecule has 8 heteroatoms. The van der Waals surface area contributed by atoms with E-state index in [0.717, 1.165) is 0 Å². The summed E-state index contributed by atoms with van der Waals surface area (Å²) < 4.78 is 13.9. The van der Waals surface area contributed by atoms with Crippen LogP contribution in [0.15, 0.2) is 36.0 Å². The molecule has 0 saturated carbocycles. The summed E-state index contributed by atoms with van der Waals surface area (Å²) in [4.78, 5) is 37.2. The third kappa shape index (κ3) is 4.02. The number of ketones is 1. The Morgan fingerprint density at radius 3 is 2.62 bits per heavy atom. The number of hydrogen-bond acceptors (Lipinski definition) is 6. The molecule has 7 nitrogen and oxygen atoms in total. The minimum absolute atomic E-state index is 0.0880. The van der Waals surface area contributed by atoms with Crippen LogP contribution in [-0.2, 0) is 9.59 Å². The lowest BCUT2D eigenvalue weighted by molar-refractivity contribution is -0.140. The average molecular weight is 398 g/mol. The fourth-order valence-corrected chi connectivity index (χ4v) is 3.40. The molecular formula is C21H23FN4O3. The first-order valence-corrected chi connectivity index (χ1v) is 9.20. The smallest absolute Gasteiger partial charge is 0.295 e. The number of halogens is 1. The first kappa shape index (κ1) is 20.6. The van der Waals surface area contributed by atoms with Crippen molar-refractivity contribution in [2.24, 2.45) is 0 Å². The highest BCUT2D eigenvalue weighted by Gasteiger charge is 2.46. The van der Waals surface area contributed by atoms with E-state index in [-0.39, 0.29) is 23.4 Å². The quantitative estimate of drug-likeness (QED) is 0.472. The molecule has 1 aromatic heterocycles. The Hall–Kier alpha value is -3.13. The van der Waals surface area contributed by atoms with Gasteiger partial charge in [0, 0.05) is 19.3 Å². The first-order valence-electron chi connectivity index (χ1n) is 9.20. The van der Waals surface area contributed by atoms with Crippen LogP contribution in [0.4, 0.5) is 4.39 Å². The number of rotatable bonds is 5. The van der Waals surface area contributed by atoms with Gasteiger partial charge in [0.05, 0.1) is 22.9 Å². The molecule has 0 spiro atoms. The van der Waals surface area contributed by atoms with Crippen molar-refractivity contribution in [3.05, 3.63) is 64.5 Å². The number of benzene rings is 1. The Morgan fingerprint density at radius 1 is 1.28 bits per heavy atom. The molecule has 1 N–H and O–H groups in total. The second-order valence-corrected chi connectivity index (χ2v) is 7.27. The van der Waals surface area contributed by atoms with Gasteiger partial charge < -0.3 is 14.9 Å². The van der Waals surface area contributed by atoms with Crippen molar-refractivity contribution >= 4 is 17.4 Å². The summed E-state index contributed by atoms with van der Waals surface area (Å²) in [6, 6.07) is 4.80. The number of aromatic nitrogens is 2. The van der Waals surface area contributed by atoms with Crippen LogP contribution < -0.4 is 0 Å². The summed E-state index contributed by atoms with van der Waals surface area (Å²) in [5.41, 5.74) is 1.07. The van der Waals surface area contributed by atoms with Gasteiger partial charge in [0.25, 0.3) is 11.7 Å². The van der Waals surface area contributed by atoms with Crippen LogP contribution in [0.25, 0.3) is 5.76 Å². The molecule has 1 aromatic carbocycles. The fraction of sp³-hybridized carbons (Fsp3) is 0.333. The van der Waals surface area contributed by atoms with Gasteiger partial charge in [-0.1, -0.05) is 12.1 Å². The van der Waals surface area contributed by atoms with Crippen molar-refractivity contribution in [1.82, 2.24) is 19.8 Å². The number of aliphatic hydroxyl groups excluding tert-OH is 1. The zero-order valence-corrected chi connectivity index (χ0v) is 16.8. The zero-order valence-electron chi connectivity index (χ0n) is 16.8. The number of likely N-dealkylation sites (N-methyl/N-ethyl adjacent to an activating group) is 1. The molecule has 1 atom stereocenters. The number of carbonyl (C=O) groups is 2. The highest BCUT2D eigenvalue weighted by atomic mass is 19.1. The van der Waals surface area contributed by atoms with Crippen molar-refractivity contribution in [1.29, 1.82) is 0 Å². The number of amides is 1. The summed E-state index contributed by atoms with van der Waals surface area (Å²) in [5.74, 6) is -1.87. The highest BCUT2D eigenvalue weighted by Crippen LogP contribution is 2.39. The molecular weight excluding hydrogens is 375 g/mol. The third-order valence-corrected chi connectivity index (χ3v) is 4.85. The van der Waals surface area contributed by atoms with Crippen LogP contribution in [0.1, 0.15) is 28.7 Å². The van der Waals surface area contributed by atoms with Crippen molar-refractivity contribution in [3.63, 3.8) is 0 Å².